The molecule has 0 saturated carbocycles. The molecular weight excluding hydrogens is 272 g/mol. The minimum Gasteiger partial charge on any atom is -0.503 e. The Kier molecular flexibility index (Phi) is 5.32. The standard InChI is InChI=1S/C14H22N4O3/c1-2-5-17-6-8-18(9-7-17)13(20)4-3-11-10-12(19)14(21)16-15-11/h10H,2-9H2,1H3,(H,15,19)(H,16,21). The molecule has 0 aliphatic carbocycles. The van der Waals surface area contributed by atoms with E-state index in [1.165, 1.54) is 6.07 Å². The van der Waals surface area contributed by atoms with Crippen LogP contribution in [0.4, 0.5) is 0 Å². The van der Waals surface area contributed by atoms with Crippen molar-refractivity contribution in [2.45, 2.75) is 26.2 Å². The number of aryl methyl sites for hydroxylation is 1. The van der Waals surface area contributed by atoms with Crippen molar-refractivity contribution in [2.24, 2.45) is 0 Å². The molecule has 0 unspecified atom stereocenters. The van der Waals surface area contributed by atoms with Crippen molar-refractivity contribution in [3.63, 3.8) is 0 Å². The first-order valence-electron chi connectivity index (χ1n) is 7.38. The summed E-state index contributed by atoms with van der Waals surface area (Å²) in [5.74, 6) is -0.265. The van der Waals surface area contributed by atoms with E-state index in [0.717, 1.165) is 39.1 Å². The van der Waals surface area contributed by atoms with Crippen LogP contribution in [0.1, 0.15) is 25.5 Å². The van der Waals surface area contributed by atoms with Gasteiger partial charge in [0, 0.05) is 45.1 Å². The minimum atomic E-state index is -0.614. The third-order valence-electron chi connectivity index (χ3n) is 3.70. The second kappa shape index (κ2) is 7.21. The summed E-state index contributed by atoms with van der Waals surface area (Å²) in [5, 5.41) is 15.3. The molecule has 7 heteroatoms. The van der Waals surface area contributed by atoms with E-state index in [-0.39, 0.29) is 11.7 Å². The number of aromatic hydroxyl groups is 1. The zero-order valence-electron chi connectivity index (χ0n) is 12.3. The highest BCUT2D eigenvalue weighted by Crippen LogP contribution is 2.08. The maximum Gasteiger partial charge on any atom is 0.306 e. The number of nitrogens with zero attached hydrogens (tertiary/aromatic N) is 3. The predicted octanol–water partition coefficient (Wildman–Crippen LogP) is -0.0377. The third-order valence-corrected chi connectivity index (χ3v) is 3.70. The lowest BCUT2D eigenvalue weighted by molar-refractivity contribution is -0.132. The van der Waals surface area contributed by atoms with Crippen LogP contribution in [0.2, 0.25) is 0 Å². The molecule has 0 aromatic carbocycles. The number of nitrogens with one attached hydrogen (secondary N) is 1. The Hall–Kier alpha value is -1.89. The molecule has 1 aromatic heterocycles. The van der Waals surface area contributed by atoms with Gasteiger partial charge in [-0.1, -0.05) is 6.92 Å². The first-order valence-corrected chi connectivity index (χ1v) is 7.38. The van der Waals surface area contributed by atoms with Crippen LogP contribution in [0.15, 0.2) is 10.9 Å². The Morgan fingerprint density at radius 2 is 2.10 bits per heavy atom. The molecular formula is C14H22N4O3. The second-order valence-electron chi connectivity index (χ2n) is 5.30. The molecule has 2 heterocycles. The van der Waals surface area contributed by atoms with E-state index in [9.17, 15) is 14.7 Å². The van der Waals surface area contributed by atoms with Crippen LogP contribution in [0.5, 0.6) is 5.75 Å². The van der Waals surface area contributed by atoms with Gasteiger partial charge in [-0.3, -0.25) is 14.5 Å². The number of carbonyl (C=O) groups is 1. The minimum absolute atomic E-state index is 0.0960. The molecule has 1 aromatic rings. The average Bonchev–Trinajstić information content (AvgIpc) is 2.49. The predicted molar refractivity (Wildman–Crippen MR) is 78.2 cm³/mol. The third kappa shape index (κ3) is 4.29. The normalized spacial score (nSPS) is 16.1. The summed E-state index contributed by atoms with van der Waals surface area (Å²) in [6.45, 7) is 6.63. The number of hydrogen-bond acceptors (Lipinski definition) is 5. The molecule has 21 heavy (non-hydrogen) atoms. The van der Waals surface area contributed by atoms with Gasteiger partial charge in [-0.2, -0.15) is 5.10 Å². The molecule has 1 aliphatic rings. The summed E-state index contributed by atoms with van der Waals surface area (Å²) >= 11 is 0. The highest BCUT2D eigenvalue weighted by atomic mass is 16.3. The fourth-order valence-electron chi connectivity index (χ4n) is 2.49. The smallest absolute Gasteiger partial charge is 0.306 e. The summed E-state index contributed by atoms with van der Waals surface area (Å²) in [5.41, 5.74) is -0.0952. The lowest BCUT2D eigenvalue weighted by atomic mass is 10.2. The zero-order valence-corrected chi connectivity index (χ0v) is 12.3. The van der Waals surface area contributed by atoms with E-state index in [0.29, 0.717) is 18.5 Å². The number of aromatic nitrogens is 2. The Morgan fingerprint density at radius 1 is 1.38 bits per heavy atom. The maximum atomic E-state index is 12.1. The van der Waals surface area contributed by atoms with Gasteiger partial charge in [-0.25, -0.2) is 5.10 Å². The van der Waals surface area contributed by atoms with Crippen LogP contribution >= 0.6 is 0 Å². The van der Waals surface area contributed by atoms with Crippen molar-refractivity contribution in [1.82, 2.24) is 20.0 Å². The topological polar surface area (TPSA) is 89.5 Å². The Bertz CT molecular complexity index is 535. The lowest BCUT2D eigenvalue weighted by Crippen LogP contribution is -2.48. The molecule has 0 spiro atoms. The number of rotatable bonds is 5. The molecule has 0 atom stereocenters. The molecule has 116 valence electrons. The second-order valence-corrected chi connectivity index (χ2v) is 5.30. The molecule has 7 nitrogen and oxygen atoms in total. The summed E-state index contributed by atoms with van der Waals surface area (Å²) in [6, 6.07) is 1.31. The molecule has 2 rings (SSSR count). The molecule has 1 amide bonds. The van der Waals surface area contributed by atoms with Gasteiger partial charge in [0.05, 0.1) is 5.69 Å². The largest absolute Gasteiger partial charge is 0.503 e. The van der Waals surface area contributed by atoms with Gasteiger partial charge in [-0.05, 0) is 13.0 Å². The van der Waals surface area contributed by atoms with Gasteiger partial charge < -0.3 is 10.0 Å². The van der Waals surface area contributed by atoms with Crippen molar-refractivity contribution < 1.29 is 9.90 Å². The van der Waals surface area contributed by atoms with Crippen molar-refractivity contribution in [3.8, 4) is 5.75 Å². The highest BCUT2D eigenvalue weighted by molar-refractivity contribution is 5.76. The number of H-pyrrole nitrogens is 1. The molecule has 0 radical (unpaired) electrons. The molecule has 1 fully saturated rings. The number of piperazine rings is 1. The summed E-state index contributed by atoms with van der Waals surface area (Å²) in [7, 11) is 0. The fourth-order valence-corrected chi connectivity index (χ4v) is 2.49. The van der Waals surface area contributed by atoms with Gasteiger partial charge >= 0.3 is 5.56 Å². The summed E-state index contributed by atoms with van der Waals surface area (Å²) in [6.07, 6.45) is 1.89. The first kappa shape index (κ1) is 15.5. The molecule has 1 saturated heterocycles. The van der Waals surface area contributed by atoms with Crippen LogP contribution in [-0.2, 0) is 11.2 Å². The van der Waals surface area contributed by atoms with Gasteiger partial charge in [0.2, 0.25) is 5.91 Å². The SMILES string of the molecule is CCCN1CCN(C(=O)CCc2cc(O)c(=O)[nH]n2)CC1. The van der Waals surface area contributed by atoms with Crippen LogP contribution in [0, 0.1) is 0 Å². The van der Waals surface area contributed by atoms with Gasteiger partial charge in [-0.15, -0.1) is 0 Å². The number of aromatic amines is 1. The van der Waals surface area contributed by atoms with Crippen LogP contribution < -0.4 is 5.56 Å². The van der Waals surface area contributed by atoms with E-state index >= 15 is 0 Å². The summed E-state index contributed by atoms with van der Waals surface area (Å²) in [4.78, 5) is 27.4. The molecule has 2 N–H and O–H groups in total. The molecule has 1 aliphatic heterocycles. The van der Waals surface area contributed by atoms with E-state index in [1.54, 1.807) is 0 Å². The summed E-state index contributed by atoms with van der Waals surface area (Å²) < 4.78 is 0. The number of amides is 1. The number of carbonyl (C=O) groups excluding carboxylic acids is 1. The van der Waals surface area contributed by atoms with Crippen molar-refractivity contribution in [3.05, 3.63) is 22.1 Å². The first-order chi connectivity index (χ1) is 10.1. The molecule has 0 bridgehead atoms. The maximum absolute atomic E-state index is 12.1. The highest BCUT2D eigenvalue weighted by Gasteiger charge is 2.20. The van der Waals surface area contributed by atoms with Gasteiger partial charge in [0.25, 0.3) is 0 Å². The fraction of sp³-hybridized carbons (Fsp3) is 0.643. The quantitative estimate of drug-likeness (QED) is 0.795. The van der Waals surface area contributed by atoms with Crippen LogP contribution in [0.25, 0.3) is 0 Å². The van der Waals surface area contributed by atoms with Crippen molar-refractivity contribution >= 4 is 5.91 Å². The van der Waals surface area contributed by atoms with E-state index in [2.05, 4.69) is 22.0 Å². The number of hydrogen-bond donors (Lipinski definition) is 2. The van der Waals surface area contributed by atoms with Crippen LogP contribution in [0.3, 0.4) is 0 Å². The monoisotopic (exact) mass is 294 g/mol. The lowest BCUT2D eigenvalue weighted by Gasteiger charge is -2.34. The Morgan fingerprint density at radius 3 is 2.71 bits per heavy atom. The zero-order chi connectivity index (χ0) is 15.2. The van der Waals surface area contributed by atoms with Crippen molar-refractivity contribution in [2.75, 3.05) is 32.7 Å². The van der Waals surface area contributed by atoms with Crippen LogP contribution in [-0.4, -0.2) is 63.7 Å². The van der Waals surface area contributed by atoms with Gasteiger partial charge in [0.1, 0.15) is 0 Å². The Labute approximate surface area is 123 Å². The Balaban J connectivity index is 1.80. The van der Waals surface area contributed by atoms with E-state index in [4.69, 9.17) is 0 Å². The van der Waals surface area contributed by atoms with E-state index < -0.39 is 5.56 Å². The van der Waals surface area contributed by atoms with E-state index in [1.807, 2.05) is 4.90 Å². The van der Waals surface area contributed by atoms with Crippen molar-refractivity contribution in [1.29, 1.82) is 0 Å². The van der Waals surface area contributed by atoms with Gasteiger partial charge in [0.15, 0.2) is 5.75 Å². The average molecular weight is 294 g/mol.